The fraction of sp³-hybridized carbons (Fsp3) is 0.500. The molecule has 1 atom stereocenters. The topological polar surface area (TPSA) is 73.0 Å². The monoisotopic (exact) mass is 412 g/mol. The van der Waals surface area contributed by atoms with Crippen molar-refractivity contribution in [3.05, 3.63) is 48.3 Å². The molecule has 1 saturated carbocycles. The Bertz CT molecular complexity index is 932. The number of aromatic nitrogens is 3. The fourth-order valence-electron chi connectivity index (χ4n) is 4.13. The molecule has 0 saturated heterocycles. The normalized spacial score (nSPS) is 16.2. The second-order valence-electron chi connectivity index (χ2n) is 7.78. The third-order valence-electron chi connectivity index (χ3n) is 5.42. The van der Waals surface area contributed by atoms with Crippen LogP contribution in [0, 0.1) is 0 Å². The summed E-state index contributed by atoms with van der Waals surface area (Å²) in [6.45, 7) is 2.00. The van der Waals surface area contributed by atoms with Crippen LogP contribution in [0.3, 0.4) is 0 Å². The number of nitrogens with zero attached hydrogens (tertiary/aromatic N) is 3. The maximum atomic E-state index is 12.3. The third kappa shape index (κ3) is 5.01. The first-order chi connectivity index (χ1) is 14.2. The standard InChI is InChI=1S/C22H28N4O2S/c1-16(13-18-9-6-12-28-18)24-21(27)15-29-14-20-25-19-10-5-11-23-22(19)26(20)17-7-3-2-4-8-17/h5-6,9-12,16-17H,2-4,7-8,13-15H2,1H3,(H,24,27)/t16-/m0/s1. The van der Waals surface area contributed by atoms with Gasteiger partial charge >= 0.3 is 0 Å². The zero-order valence-corrected chi connectivity index (χ0v) is 17.7. The number of carbonyl (C=O) groups is 1. The molecular weight excluding hydrogens is 384 g/mol. The van der Waals surface area contributed by atoms with E-state index < -0.39 is 0 Å². The number of pyridine rings is 1. The average molecular weight is 413 g/mol. The summed E-state index contributed by atoms with van der Waals surface area (Å²) >= 11 is 1.61. The third-order valence-corrected chi connectivity index (χ3v) is 6.35. The quantitative estimate of drug-likeness (QED) is 0.589. The Morgan fingerprint density at radius 3 is 2.97 bits per heavy atom. The Labute approximate surface area is 175 Å². The van der Waals surface area contributed by atoms with E-state index in [0.29, 0.717) is 24.0 Å². The predicted octanol–water partition coefficient (Wildman–Crippen LogP) is 4.51. The van der Waals surface area contributed by atoms with Crippen LogP contribution in [0.2, 0.25) is 0 Å². The van der Waals surface area contributed by atoms with Gasteiger partial charge in [-0.15, -0.1) is 11.8 Å². The molecule has 1 aliphatic carbocycles. The van der Waals surface area contributed by atoms with Crippen molar-refractivity contribution in [2.24, 2.45) is 0 Å². The second-order valence-corrected chi connectivity index (χ2v) is 8.77. The average Bonchev–Trinajstić information content (AvgIpc) is 3.35. The summed E-state index contributed by atoms with van der Waals surface area (Å²) in [6, 6.07) is 8.28. The number of amides is 1. The van der Waals surface area contributed by atoms with Gasteiger partial charge in [0.25, 0.3) is 0 Å². The fourth-order valence-corrected chi connectivity index (χ4v) is 4.89. The molecule has 1 N–H and O–H groups in total. The molecule has 6 nitrogen and oxygen atoms in total. The zero-order valence-electron chi connectivity index (χ0n) is 16.8. The number of hydrogen-bond donors (Lipinski definition) is 1. The molecule has 7 heteroatoms. The van der Waals surface area contributed by atoms with E-state index >= 15 is 0 Å². The minimum atomic E-state index is 0.0465. The second kappa shape index (κ2) is 9.48. The zero-order chi connectivity index (χ0) is 20.1. The van der Waals surface area contributed by atoms with Gasteiger partial charge in [-0.3, -0.25) is 4.79 Å². The maximum Gasteiger partial charge on any atom is 0.230 e. The highest BCUT2D eigenvalue weighted by Crippen LogP contribution is 2.32. The molecule has 29 heavy (non-hydrogen) atoms. The summed E-state index contributed by atoms with van der Waals surface area (Å²) in [4.78, 5) is 21.8. The van der Waals surface area contributed by atoms with Crippen LogP contribution in [0.15, 0.2) is 41.1 Å². The lowest BCUT2D eigenvalue weighted by molar-refractivity contribution is -0.119. The molecule has 0 bridgehead atoms. The Morgan fingerprint density at radius 2 is 2.17 bits per heavy atom. The Balaban J connectivity index is 1.36. The summed E-state index contributed by atoms with van der Waals surface area (Å²) in [7, 11) is 0. The van der Waals surface area contributed by atoms with Crippen LogP contribution in [0.25, 0.3) is 11.2 Å². The minimum absolute atomic E-state index is 0.0465. The number of carbonyl (C=O) groups excluding carboxylic acids is 1. The molecule has 0 aliphatic heterocycles. The Morgan fingerprint density at radius 1 is 1.31 bits per heavy atom. The maximum absolute atomic E-state index is 12.3. The number of rotatable bonds is 8. The molecule has 1 amide bonds. The number of imidazole rings is 1. The molecule has 0 radical (unpaired) electrons. The van der Waals surface area contributed by atoms with Gasteiger partial charge < -0.3 is 14.3 Å². The van der Waals surface area contributed by atoms with E-state index in [-0.39, 0.29) is 11.9 Å². The number of hydrogen-bond acceptors (Lipinski definition) is 5. The molecule has 154 valence electrons. The lowest BCUT2D eigenvalue weighted by Crippen LogP contribution is -2.35. The first-order valence-electron chi connectivity index (χ1n) is 10.4. The van der Waals surface area contributed by atoms with Gasteiger partial charge in [0.1, 0.15) is 17.1 Å². The van der Waals surface area contributed by atoms with Gasteiger partial charge in [0, 0.05) is 24.7 Å². The van der Waals surface area contributed by atoms with Crippen molar-refractivity contribution in [3.8, 4) is 0 Å². The van der Waals surface area contributed by atoms with Gasteiger partial charge in [-0.05, 0) is 44.0 Å². The minimum Gasteiger partial charge on any atom is -0.469 e. The van der Waals surface area contributed by atoms with Crippen molar-refractivity contribution >= 4 is 28.8 Å². The van der Waals surface area contributed by atoms with E-state index in [4.69, 9.17) is 9.40 Å². The Kier molecular flexibility index (Phi) is 6.54. The van der Waals surface area contributed by atoms with E-state index in [0.717, 1.165) is 22.7 Å². The van der Waals surface area contributed by atoms with Gasteiger partial charge in [-0.1, -0.05) is 19.3 Å². The Hall–Kier alpha value is -2.28. The number of furan rings is 1. The van der Waals surface area contributed by atoms with Gasteiger partial charge in [0.2, 0.25) is 5.91 Å². The van der Waals surface area contributed by atoms with Crippen molar-refractivity contribution in [1.29, 1.82) is 0 Å². The van der Waals surface area contributed by atoms with E-state index in [9.17, 15) is 4.79 Å². The first kappa shape index (κ1) is 20.0. The highest BCUT2D eigenvalue weighted by molar-refractivity contribution is 7.99. The van der Waals surface area contributed by atoms with Crippen LogP contribution in [0.1, 0.15) is 56.7 Å². The van der Waals surface area contributed by atoms with Gasteiger partial charge in [-0.25, -0.2) is 9.97 Å². The van der Waals surface area contributed by atoms with Crippen molar-refractivity contribution in [2.75, 3.05) is 5.75 Å². The SMILES string of the molecule is C[C@@H](Cc1ccco1)NC(=O)CSCc1nc2cccnc2n1C1CCCCC1. The smallest absolute Gasteiger partial charge is 0.230 e. The molecule has 0 unspecified atom stereocenters. The largest absolute Gasteiger partial charge is 0.469 e. The van der Waals surface area contributed by atoms with Crippen molar-refractivity contribution in [3.63, 3.8) is 0 Å². The van der Waals surface area contributed by atoms with Gasteiger partial charge in [-0.2, -0.15) is 0 Å². The van der Waals surface area contributed by atoms with Crippen LogP contribution in [0.4, 0.5) is 0 Å². The van der Waals surface area contributed by atoms with Crippen LogP contribution in [0.5, 0.6) is 0 Å². The molecule has 1 aliphatic rings. The summed E-state index contributed by atoms with van der Waals surface area (Å²) in [5.74, 6) is 3.11. The van der Waals surface area contributed by atoms with E-state index in [1.165, 1.54) is 32.1 Å². The van der Waals surface area contributed by atoms with Crippen LogP contribution in [-0.4, -0.2) is 32.2 Å². The summed E-state index contributed by atoms with van der Waals surface area (Å²) in [5, 5.41) is 3.05. The molecule has 1 fully saturated rings. The first-order valence-corrected chi connectivity index (χ1v) is 11.6. The van der Waals surface area contributed by atoms with Crippen LogP contribution in [-0.2, 0) is 17.0 Å². The molecule has 3 heterocycles. The van der Waals surface area contributed by atoms with Crippen molar-refractivity contribution in [1.82, 2.24) is 19.9 Å². The summed E-state index contributed by atoms with van der Waals surface area (Å²) in [5.41, 5.74) is 1.93. The van der Waals surface area contributed by atoms with E-state index in [1.54, 1.807) is 18.0 Å². The van der Waals surface area contributed by atoms with Crippen LogP contribution < -0.4 is 5.32 Å². The van der Waals surface area contributed by atoms with Gasteiger partial charge in [0.05, 0.1) is 17.8 Å². The highest BCUT2D eigenvalue weighted by atomic mass is 32.2. The van der Waals surface area contributed by atoms with Crippen molar-refractivity contribution < 1.29 is 9.21 Å². The van der Waals surface area contributed by atoms with E-state index in [2.05, 4.69) is 14.9 Å². The lowest BCUT2D eigenvalue weighted by atomic mass is 9.95. The lowest BCUT2D eigenvalue weighted by Gasteiger charge is -2.25. The molecule has 3 aromatic heterocycles. The number of fused-ring (bicyclic) bond motifs is 1. The molecular formula is C22H28N4O2S. The predicted molar refractivity (Wildman–Crippen MR) is 116 cm³/mol. The number of thioether (sulfide) groups is 1. The van der Waals surface area contributed by atoms with Crippen molar-refractivity contribution in [2.45, 2.75) is 63.3 Å². The summed E-state index contributed by atoms with van der Waals surface area (Å²) in [6.07, 6.45) is 10.4. The molecule has 0 spiro atoms. The molecule has 4 rings (SSSR count). The summed E-state index contributed by atoms with van der Waals surface area (Å²) < 4.78 is 7.68. The highest BCUT2D eigenvalue weighted by Gasteiger charge is 2.22. The molecule has 0 aromatic carbocycles. The molecule has 3 aromatic rings. The van der Waals surface area contributed by atoms with Gasteiger partial charge in [0.15, 0.2) is 5.65 Å². The number of nitrogens with one attached hydrogen (secondary N) is 1. The van der Waals surface area contributed by atoms with E-state index in [1.807, 2.05) is 37.4 Å². The van der Waals surface area contributed by atoms with Crippen LogP contribution >= 0.6 is 11.8 Å².